The van der Waals surface area contributed by atoms with Gasteiger partial charge in [0.15, 0.2) is 0 Å². The first-order chi connectivity index (χ1) is 11.9. The van der Waals surface area contributed by atoms with Crippen molar-refractivity contribution in [1.82, 2.24) is 14.5 Å². The summed E-state index contributed by atoms with van der Waals surface area (Å²) < 4.78 is 2.36. The molecular weight excluding hydrogens is 294 g/mol. The molecule has 3 heteroatoms. The lowest BCUT2D eigenvalue weighted by Gasteiger charge is -2.09. The van der Waals surface area contributed by atoms with Crippen LogP contribution >= 0.6 is 0 Å². The van der Waals surface area contributed by atoms with Crippen molar-refractivity contribution in [2.24, 2.45) is 0 Å². The van der Waals surface area contributed by atoms with Crippen LogP contribution in [0.5, 0.6) is 0 Å². The van der Waals surface area contributed by atoms with E-state index in [0.717, 1.165) is 23.4 Å². The van der Waals surface area contributed by atoms with E-state index in [0.29, 0.717) is 0 Å². The van der Waals surface area contributed by atoms with Crippen molar-refractivity contribution in [2.45, 2.75) is 58.4 Å². The standard InChI is InChI=1S/C21H27N3/c1-2-3-4-5-6-7-10-16-24-20-14-9-8-13-19(20)23-21(24)18-12-11-15-22-17-18/h8-9,11-15,17H,2-7,10,16H2,1H3. The smallest absolute Gasteiger partial charge is 0.142 e. The van der Waals surface area contributed by atoms with Crippen LogP contribution in [0, 0.1) is 0 Å². The van der Waals surface area contributed by atoms with E-state index in [2.05, 4.69) is 46.8 Å². The van der Waals surface area contributed by atoms with Gasteiger partial charge in [0.05, 0.1) is 11.0 Å². The normalized spacial score (nSPS) is 11.2. The molecule has 0 aliphatic carbocycles. The van der Waals surface area contributed by atoms with Crippen LogP contribution in [0.25, 0.3) is 22.4 Å². The molecule has 1 aromatic carbocycles. The van der Waals surface area contributed by atoms with E-state index < -0.39 is 0 Å². The van der Waals surface area contributed by atoms with Gasteiger partial charge in [0.2, 0.25) is 0 Å². The number of benzene rings is 1. The topological polar surface area (TPSA) is 30.7 Å². The summed E-state index contributed by atoms with van der Waals surface area (Å²) in [6.45, 7) is 3.29. The third-order valence-electron chi connectivity index (χ3n) is 4.56. The zero-order valence-corrected chi connectivity index (χ0v) is 14.6. The fraction of sp³-hybridized carbons (Fsp3) is 0.429. The highest BCUT2D eigenvalue weighted by Crippen LogP contribution is 2.25. The van der Waals surface area contributed by atoms with Crippen LogP contribution in [0.15, 0.2) is 48.8 Å². The number of nitrogens with zero attached hydrogens (tertiary/aromatic N) is 3. The van der Waals surface area contributed by atoms with E-state index >= 15 is 0 Å². The van der Waals surface area contributed by atoms with Gasteiger partial charge in [0.25, 0.3) is 0 Å². The van der Waals surface area contributed by atoms with E-state index in [1.165, 1.54) is 50.5 Å². The molecule has 0 saturated carbocycles. The van der Waals surface area contributed by atoms with E-state index in [-0.39, 0.29) is 0 Å². The highest BCUT2D eigenvalue weighted by atomic mass is 15.1. The van der Waals surface area contributed by atoms with Gasteiger partial charge in [-0.2, -0.15) is 0 Å². The molecule has 3 nitrogen and oxygen atoms in total. The molecule has 0 spiro atoms. The third-order valence-corrected chi connectivity index (χ3v) is 4.56. The number of para-hydroxylation sites is 2. The van der Waals surface area contributed by atoms with Crippen LogP contribution < -0.4 is 0 Å². The molecule has 0 unspecified atom stereocenters. The molecule has 3 aromatic rings. The minimum atomic E-state index is 1.03. The predicted molar refractivity (Wildman–Crippen MR) is 101 cm³/mol. The monoisotopic (exact) mass is 321 g/mol. The number of rotatable bonds is 9. The fourth-order valence-corrected chi connectivity index (χ4v) is 3.24. The largest absolute Gasteiger partial charge is 0.324 e. The number of aromatic nitrogens is 3. The Bertz CT molecular complexity index is 746. The minimum absolute atomic E-state index is 1.03. The molecule has 3 rings (SSSR count). The Balaban J connectivity index is 1.71. The summed E-state index contributed by atoms with van der Waals surface area (Å²) in [4.78, 5) is 9.10. The lowest BCUT2D eigenvalue weighted by Crippen LogP contribution is -2.01. The Labute approximate surface area is 144 Å². The average molecular weight is 321 g/mol. The molecule has 126 valence electrons. The van der Waals surface area contributed by atoms with Crippen molar-refractivity contribution in [2.75, 3.05) is 0 Å². The first-order valence-corrected chi connectivity index (χ1v) is 9.26. The first-order valence-electron chi connectivity index (χ1n) is 9.26. The molecule has 0 bridgehead atoms. The van der Waals surface area contributed by atoms with Crippen molar-refractivity contribution in [3.05, 3.63) is 48.8 Å². The maximum atomic E-state index is 4.85. The van der Waals surface area contributed by atoms with Crippen LogP contribution in [0.3, 0.4) is 0 Å². The second-order valence-corrected chi connectivity index (χ2v) is 6.44. The molecular formula is C21H27N3. The summed E-state index contributed by atoms with van der Waals surface area (Å²) in [6, 6.07) is 12.5. The molecule has 0 fully saturated rings. The van der Waals surface area contributed by atoms with Crippen LogP contribution in [-0.2, 0) is 6.54 Å². The van der Waals surface area contributed by atoms with Gasteiger partial charge in [0.1, 0.15) is 5.82 Å². The van der Waals surface area contributed by atoms with Gasteiger partial charge in [-0.05, 0) is 30.7 Å². The van der Waals surface area contributed by atoms with Gasteiger partial charge in [0, 0.05) is 24.5 Å². The van der Waals surface area contributed by atoms with Crippen LogP contribution in [-0.4, -0.2) is 14.5 Å². The first kappa shape index (κ1) is 16.7. The molecule has 24 heavy (non-hydrogen) atoms. The maximum Gasteiger partial charge on any atom is 0.142 e. The summed E-state index contributed by atoms with van der Waals surface area (Å²) >= 11 is 0. The number of fused-ring (bicyclic) bond motifs is 1. The number of imidazole rings is 1. The SMILES string of the molecule is CCCCCCCCCn1c(-c2cccnc2)nc2ccccc21. The zero-order chi connectivity index (χ0) is 16.6. The Hall–Kier alpha value is -2.16. The lowest BCUT2D eigenvalue weighted by atomic mass is 10.1. The average Bonchev–Trinajstić information content (AvgIpc) is 3.00. The summed E-state index contributed by atoms with van der Waals surface area (Å²) in [6.07, 6.45) is 13.0. The van der Waals surface area contributed by atoms with E-state index in [4.69, 9.17) is 4.98 Å². The lowest BCUT2D eigenvalue weighted by molar-refractivity contribution is 0.557. The fourth-order valence-electron chi connectivity index (χ4n) is 3.24. The van der Waals surface area contributed by atoms with Gasteiger partial charge >= 0.3 is 0 Å². The molecule has 0 atom stereocenters. The van der Waals surface area contributed by atoms with Gasteiger partial charge in [-0.3, -0.25) is 4.98 Å². The van der Waals surface area contributed by atoms with Gasteiger partial charge in [-0.25, -0.2) is 4.98 Å². The predicted octanol–water partition coefficient (Wildman–Crippen LogP) is 5.85. The Morgan fingerprint density at radius 2 is 1.67 bits per heavy atom. The van der Waals surface area contributed by atoms with Crippen molar-refractivity contribution in [3.8, 4) is 11.4 Å². The number of hydrogen-bond donors (Lipinski definition) is 0. The number of unbranched alkanes of at least 4 members (excludes halogenated alkanes) is 6. The van der Waals surface area contributed by atoms with E-state index in [9.17, 15) is 0 Å². The molecule has 2 heterocycles. The van der Waals surface area contributed by atoms with E-state index in [1.807, 2.05) is 18.5 Å². The second-order valence-electron chi connectivity index (χ2n) is 6.44. The molecule has 0 N–H and O–H groups in total. The van der Waals surface area contributed by atoms with Gasteiger partial charge in [-0.1, -0.05) is 57.6 Å². The molecule has 0 radical (unpaired) electrons. The number of hydrogen-bond acceptors (Lipinski definition) is 2. The summed E-state index contributed by atoms with van der Waals surface area (Å²) in [7, 11) is 0. The summed E-state index contributed by atoms with van der Waals surface area (Å²) in [5.41, 5.74) is 3.39. The van der Waals surface area contributed by atoms with E-state index in [1.54, 1.807) is 0 Å². The zero-order valence-electron chi connectivity index (χ0n) is 14.6. The summed E-state index contributed by atoms with van der Waals surface area (Å²) in [5, 5.41) is 0. The Morgan fingerprint density at radius 1 is 0.875 bits per heavy atom. The van der Waals surface area contributed by atoms with Crippen molar-refractivity contribution in [1.29, 1.82) is 0 Å². The molecule has 0 saturated heterocycles. The molecule has 0 amide bonds. The highest BCUT2D eigenvalue weighted by Gasteiger charge is 2.11. The van der Waals surface area contributed by atoms with Crippen LogP contribution in [0.1, 0.15) is 51.9 Å². The van der Waals surface area contributed by atoms with Crippen LogP contribution in [0.4, 0.5) is 0 Å². The minimum Gasteiger partial charge on any atom is -0.324 e. The molecule has 0 aliphatic rings. The summed E-state index contributed by atoms with van der Waals surface area (Å²) in [5.74, 6) is 1.04. The number of aryl methyl sites for hydroxylation is 1. The third kappa shape index (κ3) is 4.02. The second kappa shape index (κ2) is 8.62. The Morgan fingerprint density at radius 3 is 2.46 bits per heavy atom. The molecule has 2 aromatic heterocycles. The van der Waals surface area contributed by atoms with Crippen LogP contribution in [0.2, 0.25) is 0 Å². The quantitative estimate of drug-likeness (QED) is 0.463. The van der Waals surface area contributed by atoms with Crippen molar-refractivity contribution >= 4 is 11.0 Å². The van der Waals surface area contributed by atoms with Gasteiger partial charge < -0.3 is 4.57 Å². The Kier molecular flexibility index (Phi) is 6.00. The highest BCUT2D eigenvalue weighted by molar-refractivity contribution is 5.80. The maximum absolute atomic E-state index is 4.85. The van der Waals surface area contributed by atoms with Crippen molar-refractivity contribution < 1.29 is 0 Å². The van der Waals surface area contributed by atoms with Crippen molar-refractivity contribution in [3.63, 3.8) is 0 Å². The number of pyridine rings is 1. The molecule has 0 aliphatic heterocycles. The van der Waals surface area contributed by atoms with Gasteiger partial charge in [-0.15, -0.1) is 0 Å².